The Morgan fingerprint density at radius 1 is 1.21 bits per heavy atom. The van der Waals surface area contributed by atoms with Crippen LogP contribution in [0.2, 0.25) is 0 Å². The molecule has 1 heterocycles. The Morgan fingerprint density at radius 3 is 2.58 bits per heavy atom. The summed E-state index contributed by atoms with van der Waals surface area (Å²) < 4.78 is 0. The van der Waals surface area contributed by atoms with Crippen LogP contribution in [-0.4, -0.2) is 28.1 Å². The molecule has 19 heavy (non-hydrogen) atoms. The normalized spacial score (nSPS) is 26.7. The average molecular weight is 282 g/mol. The molecule has 1 rings (SSSR count). The van der Waals surface area contributed by atoms with Crippen molar-refractivity contribution in [1.29, 1.82) is 0 Å². The first-order valence-electron chi connectivity index (χ1n) is 7.86. The van der Waals surface area contributed by atoms with Crippen molar-refractivity contribution in [1.82, 2.24) is 4.90 Å². The van der Waals surface area contributed by atoms with Crippen LogP contribution in [0.25, 0.3) is 0 Å². The number of rotatable bonds is 8. The van der Waals surface area contributed by atoms with Gasteiger partial charge >= 0.3 is 0 Å². The second-order valence-electron chi connectivity index (χ2n) is 5.62. The standard InChI is InChI=1S/C17H31NS/c1-5-8-9-10-11-12-16(4)18-15-19-14-17(18,7-3)13-6-2/h8-11,16H,5-7,12-15H2,1-4H3/b9-8-,11-10+/t16-,17?/m1/s1. The summed E-state index contributed by atoms with van der Waals surface area (Å²) in [6, 6.07) is 0.660. The average Bonchev–Trinajstić information content (AvgIpc) is 2.83. The van der Waals surface area contributed by atoms with Crippen LogP contribution in [0.15, 0.2) is 24.3 Å². The molecule has 0 spiro atoms. The van der Waals surface area contributed by atoms with Crippen LogP contribution >= 0.6 is 11.8 Å². The summed E-state index contributed by atoms with van der Waals surface area (Å²) in [6.45, 7) is 9.24. The summed E-state index contributed by atoms with van der Waals surface area (Å²) in [6.07, 6.45) is 15.1. The summed E-state index contributed by atoms with van der Waals surface area (Å²) >= 11 is 2.12. The zero-order chi connectivity index (χ0) is 14.1. The molecule has 1 aliphatic heterocycles. The first kappa shape index (κ1) is 16.8. The molecule has 0 N–H and O–H groups in total. The summed E-state index contributed by atoms with van der Waals surface area (Å²) in [7, 11) is 0. The quantitative estimate of drug-likeness (QED) is 0.560. The molecule has 1 unspecified atom stereocenters. The van der Waals surface area contributed by atoms with E-state index >= 15 is 0 Å². The lowest BCUT2D eigenvalue weighted by molar-refractivity contribution is 0.0902. The molecular formula is C17H31NS. The molecule has 0 aromatic rings. The number of nitrogens with zero attached hydrogens (tertiary/aromatic N) is 1. The van der Waals surface area contributed by atoms with E-state index in [1.54, 1.807) is 0 Å². The van der Waals surface area contributed by atoms with E-state index in [9.17, 15) is 0 Å². The maximum Gasteiger partial charge on any atom is 0.0453 e. The van der Waals surface area contributed by atoms with Gasteiger partial charge in [0, 0.05) is 23.2 Å². The second-order valence-corrected chi connectivity index (χ2v) is 6.58. The predicted molar refractivity (Wildman–Crippen MR) is 89.7 cm³/mol. The van der Waals surface area contributed by atoms with Crippen LogP contribution in [0.4, 0.5) is 0 Å². The summed E-state index contributed by atoms with van der Waals surface area (Å²) in [5.41, 5.74) is 0.464. The van der Waals surface area contributed by atoms with E-state index in [1.165, 1.54) is 37.3 Å². The summed E-state index contributed by atoms with van der Waals surface area (Å²) in [4.78, 5) is 2.76. The highest BCUT2D eigenvalue weighted by atomic mass is 32.2. The van der Waals surface area contributed by atoms with Crippen molar-refractivity contribution in [3.63, 3.8) is 0 Å². The molecule has 2 heteroatoms. The lowest BCUT2D eigenvalue weighted by atomic mass is 9.89. The fourth-order valence-corrected chi connectivity index (χ4v) is 4.72. The highest BCUT2D eigenvalue weighted by molar-refractivity contribution is 7.99. The number of hydrogen-bond acceptors (Lipinski definition) is 2. The van der Waals surface area contributed by atoms with Crippen molar-refractivity contribution >= 4 is 11.8 Å². The van der Waals surface area contributed by atoms with Crippen LogP contribution in [0.1, 0.15) is 59.8 Å². The number of allylic oxidation sites excluding steroid dienone is 3. The van der Waals surface area contributed by atoms with Gasteiger partial charge in [-0.05, 0) is 32.6 Å². The minimum absolute atomic E-state index is 0.464. The lowest BCUT2D eigenvalue weighted by Crippen LogP contribution is -2.49. The molecule has 0 aliphatic carbocycles. The van der Waals surface area contributed by atoms with Crippen molar-refractivity contribution in [2.24, 2.45) is 0 Å². The molecule has 0 bridgehead atoms. The predicted octanol–water partition coefficient (Wildman–Crippen LogP) is 5.24. The maximum atomic E-state index is 2.76. The zero-order valence-corrected chi connectivity index (χ0v) is 14.0. The van der Waals surface area contributed by atoms with Crippen molar-refractivity contribution in [3.05, 3.63) is 24.3 Å². The topological polar surface area (TPSA) is 3.24 Å². The first-order valence-corrected chi connectivity index (χ1v) is 9.01. The van der Waals surface area contributed by atoms with Crippen LogP contribution in [0.3, 0.4) is 0 Å². The highest BCUT2D eigenvalue weighted by Gasteiger charge is 2.40. The Bertz CT molecular complexity index is 298. The van der Waals surface area contributed by atoms with Crippen molar-refractivity contribution in [2.45, 2.75) is 71.4 Å². The molecule has 1 nitrogen and oxygen atoms in total. The van der Waals surface area contributed by atoms with Gasteiger partial charge in [0.2, 0.25) is 0 Å². The Kier molecular flexibility index (Phi) is 7.86. The summed E-state index contributed by atoms with van der Waals surface area (Å²) in [5.74, 6) is 2.54. The lowest BCUT2D eigenvalue weighted by Gasteiger charge is -2.40. The molecule has 1 aliphatic rings. The third-order valence-electron chi connectivity index (χ3n) is 4.21. The van der Waals surface area contributed by atoms with Gasteiger partial charge in [0.15, 0.2) is 0 Å². The smallest absolute Gasteiger partial charge is 0.0453 e. The van der Waals surface area contributed by atoms with Gasteiger partial charge in [-0.25, -0.2) is 0 Å². The minimum Gasteiger partial charge on any atom is -0.285 e. The van der Waals surface area contributed by atoms with E-state index in [-0.39, 0.29) is 0 Å². The van der Waals surface area contributed by atoms with Gasteiger partial charge < -0.3 is 0 Å². The maximum absolute atomic E-state index is 2.76. The molecule has 2 atom stereocenters. The van der Waals surface area contributed by atoms with E-state index in [2.05, 4.69) is 68.7 Å². The van der Waals surface area contributed by atoms with Gasteiger partial charge in [0.1, 0.15) is 0 Å². The van der Waals surface area contributed by atoms with Crippen molar-refractivity contribution in [2.75, 3.05) is 11.6 Å². The Labute approximate surface area is 124 Å². The highest BCUT2D eigenvalue weighted by Crippen LogP contribution is 2.39. The van der Waals surface area contributed by atoms with Gasteiger partial charge in [-0.15, -0.1) is 11.8 Å². The molecule has 1 saturated heterocycles. The van der Waals surface area contributed by atoms with E-state index in [1.807, 2.05) is 0 Å². The molecular weight excluding hydrogens is 250 g/mol. The Balaban J connectivity index is 2.56. The number of hydrogen-bond donors (Lipinski definition) is 0. The second kappa shape index (κ2) is 8.86. The van der Waals surface area contributed by atoms with Gasteiger partial charge in [-0.3, -0.25) is 4.90 Å². The molecule has 0 saturated carbocycles. The van der Waals surface area contributed by atoms with Gasteiger partial charge in [0.25, 0.3) is 0 Å². The Morgan fingerprint density at radius 2 is 1.95 bits per heavy atom. The first-order chi connectivity index (χ1) is 9.20. The van der Waals surface area contributed by atoms with Crippen LogP contribution in [0, 0.1) is 0 Å². The molecule has 0 aromatic carbocycles. The van der Waals surface area contributed by atoms with Crippen molar-refractivity contribution in [3.8, 4) is 0 Å². The van der Waals surface area contributed by atoms with Crippen LogP contribution < -0.4 is 0 Å². The zero-order valence-electron chi connectivity index (χ0n) is 13.2. The Hall–Kier alpha value is -0.210. The fraction of sp³-hybridized carbons (Fsp3) is 0.765. The third-order valence-corrected chi connectivity index (χ3v) is 5.41. The van der Waals surface area contributed by atoms with Crippen LogP contribution in [0.5, 0.6) is 0 Å². The molecule has 0 amide bonds. The largest absolute Gasteiger partial charge is 0.285 e. The number of thioether (sulfide) groups is 1. The SMILES string of the molecule is CC/C=C\C=C\C[C@@H](C)N1CSCC1(CC)CCC. The van der Waals surface area contributed by atoms with Gasteiger partial charge in [0.05, 0.1) is 0 Å². The van der Waals surface area contributed by atoms with E-state index < -0.39 is 0 Å². The monoisotopic (exact) mass is 281 g/mol. The summed E-state index contributed by atoms with van der Waals surface area (Å²) in [5, 5.41) is 0. The van der Waals surface area contributed by atoms with Crippen LogP contribution in [-0.2, 0) is 0 Å². The van der Waals surface area contributed by atoms with Gasteiger partial charge in [-0.1, -0.05) is 51.5 Å². The molecule has 0 aromatic heterocycles. The minimum atomic E-state index is 0.464. The van der Waals surface area contributed by atoms with Crippen molar-refractivity contribution < 1.29 is 0 Å². The molecule has 110 valence electrons. The fourth-order valence-electron chi connectivity index (χ4n) is 3.01. The van der Waals surface area contributed by atoms with E-state index in [0.29, 0.717) is 11.6 Å². The van der Waals surface area contributed by atoms with E-state index in [0.717, 1.165) is 6.42 Å². The molecule has 1 fully saturated rings. The van der Waals surface area contributed by atoms with E-state index in [4.69, 9.17) is 0 Å². The third kappa shape index (κ3) is 4.68. The molecule has 0 radical (unpaired) electrons. The van der Waals surface area contributed by atoms with Gasteiger partial charge in [-0.2, -0.15) is 0 Å².